The van der Waals surface area contributed by atoms with Gasteiger partial charge in [0.25, 0.3) is 0 Å². The second-order valence-electron chi connectivity index (χ2n) is 8.47. The molecule has 1 heterocycles. The second-order valence-corrected chi connectivity index (χ2v) is 8.47. The van der Waals surface area contributed by atoms with E-state index >= 15 is 0 Å². The van der Waals surface area contributed by atoms with Crippen molar-refractivity contribution in [3.8, 4) is 5.75 Å². The van der Waals surface area contributed by atoms with Crippen molar-refractivity contribution >= 4 is 29.6 Å². The summed E-state index contributed by atoms with van der Waals surface area (Å²) in [5.41, 5.74) is 12.3. The Morgan fingerprint density at radius 1 is 0.921 bits per heavy atom. The molecule has 4 amide bonds. The van der Waals surface area contributed by atoms with Crippen LogP contribution < -0.4 is 27.4 Å². The third-order valence-corrected chi connectivity index (χ3v) is 5.45. The minimum absolute atomic E-state index is 0.0392. The molecule has 4 unspecified atom stereocenters. The van der Waals surface area contributed by atoms with E-state index in [2.05, 4.69) is 25.9 Å². The van der Waals surface area contributed by atoms with E-state index in [9.17, 15) is 34.2 Å². The van der Waals surface area contributed by atoms with E-state index in [1.54, 1.807) is 12.1 Å². The molecule has 0 aliphatic heterocycles. The second kappa shape index (κ2) is 14.3. The number of primary amides is 1. The predicted molar refractivity (Wildman–Crippen MR) is 131 cm³/mol. The van der Waals surface area contributed by atoms with E-state index in [-0.39, 0.29) is 31.4 Å². The molecule has 0 spiro atoms. The van der Waals surface area contributed by atoms with Gasteiger partial charge in [0.1, 0.15) is 23.9 Å². The third-order valence-electron chi connectivity index (χ3n) is 5.45. The summed E-state index contributed by atoms with van der Waals surface area (Å²) < 4.78 is 0. The Labute approximate surface area is 217 Å². The van der Waals surface area contributed by atoms with Crippen LogP contribution in [0.3, 0.4) is 0 Å². The van der Waals surface area contributed by atoms with Crippen LogP contribution in [0, 0.1) is 0 Å². The molecule has 0 fully saturated rings. The number of aromatic nitrogens is 2. The van der Waals surface area contributed by atoms with Crippen LogP contribution in [0.5, 0.6) is 5.75 Å². The van der Waals surface area contributed by atoms with Gasteiger partial charge in [0.05, 0.1) is 19.0 Å². The Kier molecular flexibility index (Phi) is 11.2. The van der Waals surface area contributed by atoms with E-state index in [0.29, 0.717) is 11.3 Å². The summed E-state index contributed by atoms with van der Waals surface area (Å²) in [7, 11) is 0. The summed E-state index contributed by atoms with van der Waals surface area (Å²) >= 11 is 0. The maximum absolute atomic E-state index is 13.1. The van der Waals surface area contributed by atoms with Gasteiger partial charge in [-0.1, -0.05) is 12.1 Å². The van der Waals surface area contributed by atoms with Crippen LogP contribution in [0.4, 0.5) is 0 Å². The van der Waals surface area contributed by atoms with Crippen molar-refractivity contribution in [3.63, 3.8) is 0 Å². The zero-order valence-corrected chi connectivity index (χ0v) is 20.3. The fraction of sp³-hybridized carbons (Fsp3) is 0.391. The smallest absolute Gasteiger partial charge is 0.328 e. The van der Waals surface area contributed by atoms with E-state index in [4.69, 9.17) is 16.6 Å². The first-order valence-corrected chi connectivity index (χ1v) is 11.5. The highest BCUT2D eigenvalue weighted by Gasteiger charge is 2.31. The number of carboxylic acid groups (broad SMARTS) is 1. The van der Waals surface area contributed by atoms with Gasteiger partial charge < -0.3 is 47.7 Å². The highest BCUT2D eigenvalue weighted by molar-refractivity contribution is 5.94. The van der Waals surface area contributed by atoms with Gasteiger partial charge >= 0.3 is 5.97 Å². The van der Waals surface area contributed by atoms with Crippen molar-refractivity contribution in [1.29, 1.82) is 0 Å². The Bertz CT molecular complexity index is 1110. The number of phenolic OH excluding ortho intramolecular Hbond substituents is 1. The predicted octanol–water partition coefficient (Wildman–Crippen LogP) is -2.98. The van der Waals surface area contributed by atoms with Crippen molar-refractivity contribution in [3.05, 3.63) is 48.0 Å². The van der Waals surface area contributed by atoms with Crippen LogP contribution in [0.1, 0.15) is 24.1 Å². The molecule has 11 N–H and O–H groups in total. The largest absolute Gasteiger partial charge is 0.508 e. The number of imidazole rings is 1. The van der Waals surface area contributed by atoms with Gasteiger partial charge in [-0.05, 0) is 30.5 Å². The summed E-state index contributed by atoms with van der Waals surface area (Å²) in [5, 5.41) is 34.8. The zero-order chi connectivity index (χ0) is 28.2. The van der Waals surface area contributed by atoms with Crippen LogP contribution in [0.2, 0.25) is 0 Å². The van der Waals surface area contributed by atoms with Crippen molar-refractivity contribution < 1.29 is 39.3 Å². The summed E-state index contributed by atoms with van der Waals surface area (Å²) in [6.07, 6.45) is 2.21. The molecule has 15 heteroatoms. The first-order chi connectivity index (χ1) is 18.0. The van der Waals surface area contributed by atoms with Crippen LogP contribution in [0.25, 0.3) is 0 Å². The minimum atomic E-state index is -1.62. The number of aliphatic carboxylic acids is 1. The number of nitrogens with zero attached hydrogens (tertiary/aromatic N) is 1. The van der Waals surface area contributed by atoms with Crippen LogP contribution in [-0.4, -0.2) is 85.7 Å². The number of amides is 4. The van der Waals surface area contributed by atoms with Gasteiger partial charge in [-0.25, -0.2) is 9.78 Å². The number of aromatic amines is 1. The van der Waals surface area contributed by atoms with Gasteiger partial charge in [0, 0.05) is 24.7 Å². The quantitative estimate of drug-likeness (QED) is 0.112. The van der Waals surface area contributed by atoms with Crippen LogP contribution >= 0.6 is 0 Å². The van der Waals surface area contributed by atoms with Crippen molar-refractivity contribution in [1.82, 2.24) is 25.9 Å². The van der Waals surface area contributed by atoms with Crippen molar-refractivity contribution in [2.45, 2.75) is 49.9 Å². The number of rotatable bonds is 15. The van der Waals surface area contributed by atoms with Gasteiger partial charge in [0.15, 0.2) is 0 Å². The number of nitrogens with one attached hydrogen (secondary N) is 4. The summed E-state index contributed by atoms with van der Waals surface area (Å²) in [5.74, 6) is -4.67. The lowest BCUT2D eigenvalue weighted by Gasteiger charge is -2.24. The summed E-state index contributed by atoms with van der Waals surface area (Å²) in [6.45, 7) is -0.887. The number of aliphatic hydroxyl groups is 1. The fourth-order valence-electron chi connectivity index (χ4n) is 3.37. The molecule has 38 heavy (non-hydrogen) atoms. The molecule has 2 rings (SSSR count). The number of carbonyl (C=O) groups excluding carboxylic acids is 4. The summed E-state index contributed by atoms with van der Waals surface area (Å²) in [6, 6.07) is 0.658. The number of aliphatic hydroxyl groups excluding tert-OH is 1. The van der Waals surface area contributed by atoms with Crippen molar-refractivity contribution in [2.75, 3.05) is 6.61 Å². The maximum atomic E-state index is 13.1. The highest BCUT2D eigenvalue weighted by Crippen LogP contribution is 2.11. The number of carbonyl (C=O) groups is 5. The molecule has 0 saturated carbocycles. The molecule has 4 atom stereocenters. The fourth-order valence-corrected chi connectivity index (χ4v) is 3.37. The van der Waals surface area contributed by atoms with Gasteiger partial charge in [-0.2, -0.15) is 0 Å². The zero-order valence-electron chi connectivity index (χ0n) is 20.3. The topological polar surface area (TPSA) is 263 Å². The Morgan fingerprint density at radius 2 is 1.53 bits per heavy atom. The molecule has 0 saturated heterocycles. The van der Waals surface area contributed by atoms with Crippen LogP contribution in [0.15, 0.2) is 36.8 Å². The number of hydrogen-bond donors (Lipinski definition) is 9. The molecule has 1 aromatic carbocycles. The average Bonchev–Trinajstić information content (AvgIpc) is 3.38. The maximum Gasteiger partial charge on any atom is 0.328 e. The molecule has 0 bridgehead atoms. The lowest BCUT2D eigenvalue weighted by molar-refractivity contribution is -0.143. The molecule has 0 aliphatic rings. The van der Waals surface area contributed by atoms with Gasteiger partial charge in [-0.15, -0.1) is 0 Å². The number of carboxylic acids is 1. The first kappa shape index (κ1) is 29.7. The Morgan fingerprint density at radius 3 is 2.08 bits per heavy atom. The van der Waals surface area contributed by atoms with Crippen molar-refractivity contribution in [2.24, 2.45) is 11.5 Å². The number of aromatic hydroxyl groups is 1. The Balaban J connectivity index is 2.16. The number of hydrogen-bond acceptors (Lipinski definition) is 9. The minimum Gasteiger partial charge on any atom is -0.508 e. The molecule has 206 valence electrons. The number of benzene rings is 1. The molecule has 0 aliphatic carbocycles. The molecular formula is C23H31N7O8. The molecule has 0 radical (unpaired) electrons. The molecular weight excluding hydrogens is 502 g/mol. The molecule has 1 aromatic heterocycles. The standard InChI is InChI=1S/C23H31N7O8/c24-15(7-12-1-3-14(32)4-2-12)20(34)28-16(5-6-19(25)33)21(35)29-17(8-13-9-26-11-27-13)22(36)30-18(10-31)23(37)38/h1-4,9,11,15-18,31-32H,5-8,10,24H2,(H2,25,33)(H,26,27)(H,28,34)(H,29,35)(H,30,36)(H,37,38). The first-order valence-electron chi connectivity index (χ1n) is 11.5. The Hall–Kier alpha value is -4.50. The SMILES string of the molecule is NC(=O)CCC(NC(=O)C(N)Cc1ccc(O)cc1)C(=O)NC(Cc1cnc[nH]1)C(=O)NC(CO)C(=O)O. The normalized spacial score (nSPS) is 13.9. The monoisotopic (exact) mass is 533 g/mol. The van der Waals surface area contributed by atoms with E-state index in [1.165, 1.54) is 24.7 Å². The van der Waals surface area contributed by atoms with Crippen LogP contribution in [-0.2, 0) is 36.8 Å². The average molecular weight is 534 g/mol. The van der Waals surface area contributed by atoms with E-state index in [0.717, 1.165) is 0 Å². The third kappa shape index (κ3) is 9.51. The molecule has 2 aromatic rings. The van der Waals surface area contributed by atoms with Gasteiger partial charge in [0.2, 0.25) is 23.6 Å². The number of phenols is 1. The van der Waals surface area contributed by atoms with E-state index in [1.807, 2.05) is 0 Å². The lowest BCUT2D eigenvalue weighted by atomic mass is 10.0. The number of nitrogens with two attached hydrogens (primary N) is 2. The van der Waals surface area contributed by atoms with Gasteiger partial charge in [-0.3, -0.25) is 19.2 Å². The molecule has 15 nitrogen and oxygen atoms in total. The highest BCUT2D eigenvalue weighted by atomic mass is 16.4. The lowest BCUT2D eigenvalue weighted by Crippen LogP contribution is -2.58. The number of H-pyrrole nitrogens is 1. The summed E-state index contributed by atoms with van der Waals surface area (Å²) in [4.78, 5) is 67.8. The van der Waals surface area contributed by atoms with E-state index < -0.39 is 60.4 Å².